The van der Waals surface area contributed by atoms with Gasteiger partial charge in [-0.1, -0.05) is 43.3 Å². The normalized spacial score (nSPS) is 37.7. The number of nitrogens with one attached hydrogen (secondary N) is 1. The van der Waals surface area contributed by atoms with Crippen molar-refractivity contribution in [2.75, 3.05) is 41.3 Å². The lowest BCUT2D eigenvalue weighted by molar-refractivity contribution is -0.318. The number of aliphatic hydroxyl groups excluding tert-OH is 3. The molecular weight excluding hydrogens is 979 g/mol. The molecule has 76 heavy (non-hydrogen) atoms. The number of aromatic nitrogens is 6. The van der Waals surface area contributed by atoms with Gasteiger partial charge in [-0.15, -0.1) is 10.2 Å². The number of nitrogens with zero attached hydrogens (tertiary/aromatic N) is 8. The van der Waals surface area contributed by atoms with Crippen LogP contribution >= 0.6 is 0 Å². The Hall–Kier alpha value is -3.55. The van der Waals surface area contributed by atoms with Gasteiger partial charge in [0.15, 0.2) is 12.6 Å². The van der Waals surface area contributed by atoms with Gasteiger partial charge in [-0.2, -0.15) is 0 Å². The van der Waals surface area contributed by atoms with E-state index in [-0.39, 0.29) is 31.3 Å². The van der Waals surface area contributed by atoms with Crippen LogP contribution in [0, 0.1) is 17.8 Å². The van der Waals surface area contributed by atoms with Gasteiger partial charge in [0.2, 0.25) is 0 Å². The summed E-state index contributed by atoms with van der Waals surface area (Å²) < 4.78 is 42.1. The average molecular weight is 1070 g/mol. The van der Waals surface area contributed by atoms with Crippen molar-refractivity contribution in [1.82, 2.24) is 45.1 Å². The lowest BCUT2D eigenvalue weighted by Crippen LogP contribution is -2.61. The predicted octanol–water partition coefficient (Wildman–Crippen LogP) is 3.43. The quantitative estimate of drug-likeness (QED) is 0.0788. The fraction of sp³-hybridized carbons (Fsp3) is 0.800. The lowest BCUT2D eigenvalue weighted by atomic mass is 9.77. The fourth-order valence-electron chi connectivity index (χ4n) is 11.8. The lowest BCUT2D eigenvalue weighted by Gasteiger charge is -2.49. The second kappa shape index (κ2) is 26.6. The summed E-state index contributed by atoms with van der Waals surface area (Å²) in [4.78, 5) is 18.5. The van der Waals surface area contributed by atoms with Crippen LogP contribution in [0.3, 0.4) is 0 Å². The van der Waals surface area contributed by atoms with E-state index in [1.807, 2.05) is 63.9 Å². The molecule has 0 spiro atoms. The molecular formula is C55H93N9O12. The number of ether oxygens (including phenoxy) is 6. The Labute approximate surface area is 450 Å². The number of aliphatic hydroxyl groups is 5. The van der Waals surface area contributed by atoms with E-state index in [1.54, 1.807) is 46.2 Å². The van der Waals surface area contributed by atoms with Crippen LogP contribution < -0.4 is 5.32 Å². The van der Waals surface area contributed by atoms with Crippen molar-refractivity contribution in [2.45, 2.75) is 224 Å². The topological polar surface area (TPSA) is 254 Å². The zero-order valence-electron chi connectivity index (χ0n) is 47.8. The number of hydrogen-bond donors (Lipinski definition) is 6. The Morgan fingerprint density at radius 2 is 1.59 bits per heavy atom. The Kier molecular flexibility index (Phi) is 21.6. The maximum atomic E-state index is 14.5. The first-order valence-electron chi connectivity index (χ1n) is 27.6. The largest absolute Gasteiger partial charge is 0.459 e. The Bertz CT molecular complexity index is 2250. The molecule has 430 valence electrons. The second-order valence-corrected chi connectivity index (χ2v) is 23.2. The van der Waals surface area contributed by atoms with Crippen LogP contribution in [0.25, 0.3) is 5.69 Å². The Morgan fingerprint density at radius 1 is 0.895 bits per heavy atom. The maximum absolute atomic E-state index is 14.5. The standard InChI is InChI=1S/C55H93N9O12/c1-15-44-55(10,70)48(66)37(6)62(13)30-33(2)27-53(8,69)50(35(4)47(36(5)51(68)74-44)75-45-28-54(9,71-14)49(67)38(7)73-45)76-52-46(65)43(26-34(3)72-52)61(12)25-23-40-31-63(59-57-40)24-17-16-18-39-19-21-42(22-20-39)64-32-41(29-56-11)58-60-64/h19-22,31-38,43-50,52,56,65-67,69-70H,15-18,23-30H2,1-14H3/t33-,34-,35+,36-,37-,38+,43+,44-,45+,46-,47+,48-,49+,50-,52+,53-,54-,55-/m1/s1. The summed E-state index contributed by atoms with van der Waals surface area (Å²) in [6.07, 6.45) is -1.58. The number of carbonyl (C=O) groups excluding carboxylic acids is 1. The third-order valence-corrected chi connectivity index (χ3v) is 16.6. The van der Waals surface area contributed by atoms with Crippen LogP contribution in [-0.2, 0) is 59.1 Å². The first-order valence-corrected chi connectivity index (χ1v) is 27.6. The molecule has 3 saturated heterocycles. The number of rotatable bonds is 18. The molecule has 18 atom stereocenters. The third kappa shape index (κ3) is 15.0. The van der Waals surface area contributed by atoms with E-state index in [4.69, 9.17) is 28.4 Å². The zero-order valence-corrected chi connectivity index (χ0v) is 47.8. The summed E-state index contributed by atoms with van der Waals surface area (Å²) >= 11 is 0. The molecule has 1 aromatic carbocycles. The molecule has 21 nitrogen and oxygen atoms in total. The summed E-state index contributed by atoms with van der Waals surface area (Å²) in [5, 5.41) is 80.2. The van der Waals surface area contributed by atoms with E-state index in [0.29, 0.717) is 32.5 Å². The number of aryl methyl sites for hydroxylation is 2. The fourth-order valence-corrected chi connectivity index (χ4v) is 11.8. The summed E-state index contributed by atoms with van der Waals surface area (Å²) in [6, 6.07) is 7.42. The van der Waals surface area contributed by atoms with Gasteiger partial charge in [0.1, 0.15) is 30.0 Å². The molecule has 3 aliphatic heterocycles. The zero-order chi connectivity index (χ0) is 55.9. The van der Waals surface area contributed by atoms with Crippen molar-refractivity contribution >= 4 is 5.97 Å². The number of likely N-dealkylation sites (N-methyl/N-ethyl adjacent to an activating group) is 2. The minimum absolute atomic E-state index is 0.107. The monoisotopic (exact) mass is 1070 g/mol. The van der Waals surface area contributed by atoms with Crippen LogP contribution in [0.4, 0.5) is 0 Å². The number of hydrogen-bond acceptors (Lipinski definition) is 19. The molecule has 0 bridgehead atoms. The molecule has 21 heteroatoms. The molecule has 6 rings (SSSR count). The minimum atomic E-state index is -1.83. The van der Waals surface area contributed by atoms with Crippen LogP contribution in [0.1, 0.15) is 125 Å². The molecule has 0 radical (unpaired) electrons. The van der Waals surface area contributed by atoms with Crippen molar-refractivity contribution < 1.29 is 58.7 Å². The van der Waals surface area contributed by atoms with Crippen molar-refractivity contribution in [3.05, 3.63) is 53.6 Å². The van der Waals surface area contributed by atoms with E-state index in [2.05, 4.69) is 55.1 Å². The maximum Gasteiger partial charge on any atom is 0.311 e. The summed E-state index contributed by atoms with van der Waals surface area (Å²) in [5.41, 5.74) is -0.577. The van der Waals surface area contributed by atoms with E-state index in [9.17, 15) is 30.3 Å². The number of methoxy groups -OCH3 is 1. The van der Waals surface area contributed by atoms with Crippen molar-refractivity contribution in [1.29, 1.82) is 0 Å². The summed E-state index contributed by atoms with van der Waals surface area (Å²) in [6.45, 7) is 20.0. The Morgan fingerprint density at radius 3 is 2.26 bits per heavy atom. The highest BCUT2D eigenvalue weighted by Crippen LogP contribution is 2.40. The smallest absolute Gasteiger partial charge is 0.311 e. The Balaban J connectivity index is 1.16. The number of unbranched alkanes of at least 4 members (excludes halogenated alkanes) is 1. The highest BCUT2D eigenvalue weighted by atomic mass is 16.7. The molecule has 0 amide bonds. The first-order chi connectivity index (χ1) is 35.8. The molecule has 3 aromatic rings. The van der Waals surface area contributed by atoms with Gasteiger partial charge >= 0.3 is 5.97 Å². The SMILES string of the molecule is CC[C@H]1OC(=O)[C@H](C)[C@@H](O[C@H]2C[C@@](C)(OC)[C@@H](O)[C@H](C)O2)[C@H](C)[C@@H](O[C@@H]2O[C@H](C)C[C@H](N(C)CCc3cn(CCCCc4ccc(-n5cc(CNC)nn5)cc4)nn3)[C@H]2O)[C@](C)(O)C[C@@H](C)CN(C)[C@H](C)[C@@H](O)[C@]1(C)O. The predicted molar refractivity (Wildman–Crippen MR) is 284 cm³/mol. The molecule has 0 unspecified atom stereocenters. The van der Waals surface area contributed by atoms with E-state index < -0.39 is 102 Å². The van der Waals surface area contributed by atoms with E-state index in [0.717, 1.165) is 42.9 Å². The van der Waals surface area contributed by atoms with Crippen LogP contribution in [-0.4, -0.2) is 203 Å². The van der Waals surface area contributed by atoms with Crippen LogP contribution in [0.2, 0.25) is 0 Å². The van der Waals surface area contributed by atoms with Gasteiger partial charge in [-0.05, 0) is 132 Å². The number of esters is 1. The minimum Gasteiger partial charge on any atom is -0.459 e. The average Bonchev–Trinajstić information content (AvgIpc) is 4.05. The third-order valence-electron chi connectivity index (χ3n) is 16.6. The molecule has 3 fully saturated rings. The van der Waals surface area contributed by atoms with Gasteiger partial charge in [-0.3, -0.25) is 9.48 Å². The van der Waals surface area contributed by atoms with Crippen molar-refractivity contribution in [3.8, 4) is 5.69 Å². The summed E-state index contributed by atoms with van der Waals surface area (Å²) in [7, 11) is 7.20. The first kappa shape index (κ1) is 61.7. The van der Waals surface area contributed by atoms with Gasteiger partial charge in [0.25, 0.3) is 0 Å². The van der Waals surface area contributed by atoms with Crippen LogP contribution in [0.15, 0.2) is 36.7 Å². The van der Waals surface area contributed by atoms with Gasteiger partial charge in [0.05, 0.1) is 64.8 Å². The number of carbonyl (C=O) groups is 1. The second-order valence-electron chi connectivity index (χ2n) is 23.2. The number of cyclic esters (lactones) is 1. The molecule has 2 aromatic heterocycles. The molecule has 5 heterocycles. The molecule has 0 aliphatic carbocycles. The summed E-state index contributed by atoms with van der Waals surface area (Å²) in [5.74, 6) is -2.75. The van der Waals surface area contributed by atoms with E-state index >= 15 is 0 Å². The number of benzene rings is 1. The molecule has 0 saturated carbocycles. The van der Waals surface area contributed by atoms with Gasteiger partial charge in [0, 0.05) is 70.3 Å². The molecule has 3 aliphatic rings. The van der Waals surface area contributed by atoms with E-state index in [1.165, 1.54) is 19.6 Å². The van der Waals surface area contributed by atoms with Gasteiger partial charge < -0.3 is 69.1 Å². The highest BCUT2D eigenvalue weighted by molar-refractivity contribution is 5.73. The van der Waals surface area contributed by atoms with Crippen molar-refractivity contribution in [2.24, 2.45) is 17.8 Å². The highest BCUT2D eigenvalue weighted by Gasteiger charge is 2.53. The van der Waals surface area contributed by atoms with Gasteiger partial charge in [-0.25, -0.2) is 4.68 Å². The van der Waals surface area contributed by atoms with Crippen LogP contribution in [0.5, 0.6) is 0 Å². The van der Waals surface area contributed by atoms with Crippen molar-refractivity contribution in [3.63, 3.8) is 0 Å². The molecule has 6 N–H and O–H groups in total.